The smallest absolute Gasteiger partial charge is 0.140 e. The van der Waals surface area contributed by atoms with Gasteiger partial charge in [0.05, 0.1) is 11.8 Å². The molecule has 1 aromatic heterocycles. The van der Waals surface area contributed by atoms with Crippen LogP contribution in [0.5, 0.6) is 5.75 Å². The topological polar surface area (TPSA) is 42.4 Å². The van der Waals surface area contributed by atoms with Crippen molar-refractivity contribution in [1.82, 2.24) is 4.98 Å². The summed E-state index contributed by atoms with van der Waals surface area (Å²) in [7, 11) is 0. The summed E-state index contributed by atoms with van der Waals surface area (Å²) in [5.74, 6) is 0.798. The highest BCUT2D eigenvalue weighted by Crippen LogP contribution is 2.17. The van der Waals surface area contributed by atoms with Crippen molar-refractivity contribution >= 4 is 0 Å². The number of pyridine rings is 1. The third-order valence-electron chi connectivity index (χ3n) is 2.10. The van der Waals surface area contributed by atoms with E-state index in [9.17, 15) is 0 Å². The number of hydrogen-bond acceptors (Lipinski definition) is 3. The minimum absolute atomic E-state index is 0.324. The van der Waals surface area contributed by atoms with Crippen molar-refractivity contribution < 1.29 is 9.84 Å². The average Bonchev–Trinajstić information content (AvgIpc) is 2.24. The zero-order chi connectivity index (χ0) is 11.1. The van der Waals surface area contributed by atoms with Crippen LogP contribution in [-0.2, 0) is 6.42 Å². The number of rotatable bonds is 6. The van der Waals surface area contributed by atoms with Crippen LogP contribution in [-0.4, -0.2) is 22.8 Å². The van der Waals surface area contributed by atoms with Crippen LogP contribution in [0, 0.1) is 0 Å². The minimum Gasteiger partial charge on any atom is -0.489 e. The molecule has 0 fully saturated rings. The molecule has 15 heavy (non-hydrogen) atoms. The molecule has 0 aliphatic rings. The SMILES string of the molecule is CCCCc1ncccc1OCC(C)O. The maximum absolute atomic E-state index is 9.14. The number of unbranched alkanes of at least 4 members (excludes halogenated alkanes) is 1. The van der Waals surface area contributed by atoms with E-state index in [4.69, 9.17) is 9.84 Å². The maximum Gasteiger partial charge on any atom is 0.140 e. The Balaban J connectivity index is 2.59. The Morgan fingerprint density at radius 3 is 3.00 bits per heavy atom. The van der Waals surface area contributed by atoms with Crippen molar-refractivity contribution in [3.05, 3.63) is 24.0 Å². The highest BCUT2D eigenvalue weighted by molar-refractivity contribution is 5.26. The molecule has 0 aromatic carbocycles. The van der Waals surface area contributed by atoms with E-state index < -0.39 is 6.10 Å². The van der Waals surface area contributed by atoms with E-state index in [1.54, 1.807) is 13.1 Å². The van der Waals surface area contributed by atoms with Crippen molar-refractivity contribution in [1.29, 1.82) is 0 Å². The Morgan fingerprint density at radius 2 is 2.33 bits per heavy atom. The van der Waals surface area contributed by atoms with Crippen LogP contribution in [0.25, 0.3) is 0 Å². The molecule has 0 bridgehead atoms. The summed E-state index contributed by atoms with van der Waals surface area (Å²) < 4.78 is 5.48. The first-order valence-corrected chi connectivity index (χ1v) is 5.48. The first-order valence-electron chi connectivity index (χ1n) is 5.48. The second-order valence-corrected chi connectivity index (χ2v) is 3.71. The van der Waals surface area contributed by atoms with Gasteiger partial charge in [-0.25, -0.2) is 0 Å². The number of aromatic nitrogens is 1. The predicted octanol–water partition coefficient (Wildman–Crippen LogP) is 2.18. The van der Waals surface area contributed by atoms with Crippen molar-refractivity contribution in [2.45, 2.75) is 39.2 Å². The van der Waals surface area contributed by atoms with Gasteiger partial charge in [-0.15, -0.1) is 0 Å². The molecule has 0 radical (unpaired) electrons. The number of ether oxygens (including phenoxy) is 1. The molecule has 1 unspecified atom stereocenters. The van der Waals surface area contributed by atoms with Gasteiger partial charge in [0, 0.05) is 6.20 Å². The van der Waals surface area contributed by atoms with Crippen LogP contribution < -0.4 is 4.74 Å². The Hall–Kier alpha value is -1.09. The molecule has 1 N–H and O–H groups in total. The Morgan fingerprint density at radius 1 is 1.53 bits per heavy atom. The van der Waals surface area contributed by atoms with Gasteiger partial charge in [-0.1, -0.05) is 13.3 Å². The lowest BCUT2D eigenvalue weighted by molar-refractivity contribution is 0.122. The zero-order valence-corrected chi connectivity index (χ0v) is 9.44. The molecule has 0 amide bonds. The highest BCUT2D eigenvalue weighted by atomic mass is 16.5. The van der Waals surface area contributed by atoms with Gasteiger partial charge in [0.1, 0.15) is 12.4 Å². The molecule has 0 saturated heterocycles. The summed E-state index contributed by atoms with van der Waals surface area (Å²) in [5.41, 5.74) is 0.986. The van der Waals surface area contributed by atoms with Gasteiger partial charge < -0.3 is 9.84 Å². The molecule has 0 saturated carbocycles. The number of hydrogen-bond donors (Lipinski definition) is 1. The van der Waals surface area contributed by atoms with Crippen LogP contribution >= 0.6 is 0 Å². The van der Waals surface area contributed by atoms with E-state index in [-0.39, 0.29) is 0 Å². The number of aliphatic hydroxyl groups is 1. The highest BCUT2D eigenvalue weighted by Gasteiger charge is 2.05. The molecule has 0 aliphatic carbocycles. The van der Waals surface area contributed by atoms with Gasteiger partial charge in [-0.3, -0.25) is 4.98 Å². The summed E-state index contributed by atoms with van der Waals surface area (Å²) in [4.78, 5) is 4.29. The monoisotopic (exact) mass is 209 g/mol. The largest absolute Gasteiger partial charge is 0.489 e. The molecule has 3 heteroatoms. The van der Waals surface area contributed by atoms with E-state index in [0.717, 1.165) is 30.7 Å². The maximum atomic E-state index is 9.14. The molecule has 84 valence electrons. The Labute approximate surface area is 91.1 Å². The first-order chi connectivity index (χ1) is 7.24. The molecule has 0 aliphatic heterocycles. The second kappa shape index (κ2) is 6.40. The van der Waals surface area contributed by atoms with Crippen LogP contribution in [0.4, 0.5) is 0 Å². The third-order valence-corrected chi connectivity index (χ3v) is 2.10. The van der Waals surface area contributed by atoms with Gasteiger partial charge in [0.25, 0.3) is 0 Å². The van der Waals surface area contributed by atoms with E-state index in [1.165, 1.54) is 0 Å². The molecule has 1 aromatic rings. The summed E-state index contributed by atoms with van der Waals surface area (Å²) in [5, 5.41) is 9.14. The molecule has 1 atom stereocenters. The normalized spacial score (nSPS) is 12.5. The van der Waals surface area contributed by atoms with Gasteiger partial charge in [-0.2, -0.15) is 0 Å². The summed E-state index contributed by atoms with van der Waals surface area (Å²) in [6, 6.07) is 3.76. The second-order valence-electron chi connectivity index (χ2n) is 3.71. The van der Waals surface area contributed by atoms with Crippen LogP contribution in [0.1, 0.15) is 32.4 Å². The fourth-order valence-corrected chi connectivity index (χ4v) is 1.30. The lowest BCUT2D eigenvalue weighted by atomic mass is 10.2. The van der Waals surface area contributed by atoms with Gasteiger partial charge in [0.15, 0.2) is 0 Å². The van der Waals surface area contributed by atoms with Gasteiger partial charge >= 0.3 is 0 Å². The molecule has 0 spiro atoms. The van der Waals surface area contributed by atoms with Crippen LogP contribution in [0.3, 0.4) is 0 Å². The molecular weight excluding hydrogens is 190 g/mol. The first kappa shape index (κ1) is 12.0. The third kappa shape index (κ3) is 4.30. The van der Waals surface area contributed by atoms with E-state index >= 15 is 0 Å². The van der Waals surface area contributed by atoms with E-state index in [1.807, 2.05) is 12.1 Å². The van der Waals surface area contributed by atoms with Crippen LogP contribution in [0.2, 0.25) is 0 Å². The fraction of sp³-hybridized carbons (Fsp3) is 0.583. The van der Waals surface area contributed by atoms with Crippen molar-refractivity contribution in [3.8, 4) is 5.75 Å². The average molecular weight is 209 g/mol. The lowest BCUT2D eigenvalue weighted by Crippen LogP contribution is -2.13. The quantitative estimate of drug-likeness (QED) is 0.781. The zero-order valence-electron chi connectivity index (χ0n) is 9.44. The van der Waals surface area contributed by atoms with E-state index in [0.29, 0.717) is 6.61 Å². The number of aliphatic hydroxyl groups excluding tert-OH is 1. The fourth-order valence-electron chi connectivity index (χ4n) is 1.30. The summed E-state index contributed by atoms with van der Waals surface area (Å²) in [6.45, 7) is 4.19. The van der Waals surface area contributed by atoms with Crippen molar-refractivity contribution in [2.75, 3.05) is 6.61 Å². The predicted molar refractivity (Wildman–Crippen MR) is 60.0 cm³/mol. The summed E-state index contributed by atoms with van der Waals surface area (Å²) >= 11 is 0. The Bertz CT molecular complexity index is 287. The molecular formula is C12H19NO2. The standard InChI is InChI=1S/C12H19NO2/c1-3-4-6-11-12(7-5-8-13-11)15-9-10(2)14/h5,7-8,10,14H,3-4,6,9H2,1-2H3. The lowest BCUT2D eigenvalue weighted by Gasteiger charge is -2.11. The molecule has 1 rings (SSSR count). The van der Waals surface area contributed by atoms with Gasteiger partial charge in [-0.05, 0) is 31.9 Å². The molecule has 3 nitrogen and oxygen atoms in total. The van der Waals surface area contributed by atoms with Crippen molar-refractivity contribution in [2.24, 2.45) is 0 Å². The number of aryl methyl sites for hydroxylation is 1. The van der Waals surface area contributed by atoms with Crippen LogP contribution in [0.15, 0.2) is 18.3 Å². The summed E-state index contributed by atoms with van der Waals surface area (Å²) in [6.07, 6.45) is 4.53. The van der Waals surface area contributed by atoms with E-state index in [2.05, 4.69) is 11.9 Å². The van der Waals surface area contributed by atoms with Crippen molar-refractivity contribution in [3.63, 3.8) is 0 Å². The Kier molecular flexibility index (Phi) is 5.12. The van der Waals surface area contributed by atoms with Gasteiger partial charge in [0.2, 0.25) is 0 Å². The minimum atomic E-state index is -0.441. The molecule has 1 heterocycles. The number of nitrogens with zero attached hydrogens (tertiary/aromatic N) is 1.